The second-order valence-corrected chi connectivity index (χ2v) is 7.61. The highest BCUT2D eigenvalue weighted by Gasteiger charge is 2.57. The van der Waals surface area contributed by atoms with E-state index in [0.29, 0.717) is 10.5 Å². The molecular weight excluding hydrogens is 393 g/mol. The first-order chi connectivity index (χ1) is 13.3. The molecule has 12 heteroatoms. The average Bonchev–Trinajstić information content (AvgIpc) is 2.69. The summed E-state index contributed by atoms with van der Waals surface area (Å²) in [5, 5.41) is 4.32. The molecule has 0 unspecified atom stereocenters. The molecule has 0 aromatic heterocycles. The third kappa shape index (κ3) is 4.56. The maximum Gasteiger partial charge on any atom is 0.435 e. The highest BCUT2D eigenvalue weighted by molar-refractivity contribution is 7.52. The largest absolute Gasteiger partial charge is 0.467 e. The van der Waals surface area contributed by atoms with Crippen LogP contribution in [0.4, 0.5) is 4.79 Å². The van der Waals surface area contributed by atoms with Gasteiger partial charge in [0.15, 0.2) is 6.04 Å². The maximum atomic E-state index is 12.4. The summed E-state index contributed by atoms with van der Waals surface area (Å²) in [6.45, 7) is 0. The van der Waals surface area contributed by atoms with Crippen LogP contribution in [-0.4, -0.2) is 62.1 Å². The van der Waals surface area contributed by atoms with E-state index in [4.69, 9.17) is 0 Å². The van der Waals surface area contributed by atoms with E-state index in [1.54, 1.807) is 30.3 Å². The SMILES string of the molecule is COC(=O)[C@H]1[C@@H](NC(=O)Cc2ccccc2)C(=O)N1C(=O)NP(=O)(OC)OC. The summed E-state index contributed by atoms with van der Waals surface area (Å²) in [6, 6.07) is 4.87. The third-order valence-electron chi connectivity index (χ3n) is 4.00. The molecule has 2 rings (SSSR count). The van der Waals surface area contributed by atoms with E-state index < -0.39 is 43.6 Å². The van der Waals surface area contributed by atoms with Gasteiger partial charge in [-0.1, -0.05) is 30.3 Å². The van der Waals surface area contributed by atoms with E-state index in [9.17, 15) is 23.7 Å². The Bertz CT molecular complexity index is 807. The van der Waals surface area contributed by atoms with Gasteiger partial charge in [-0.15, -0.1) is 0 Å². The molecule has 2 atom stereocenters. The van der Waals surface area contributed by atoms with Crippen molar-refractivity contribution in [2.24, 2.45) is 0 Å². The monoisotopic (exact) mass is 413 g/mol. The smallest absolute Gasteiger partial charge is 0.435 e. The minimum Gasteiger partial charge on any atom is -0.467 e. The van der Waals surface area contributed by atoms with Crippen LogP contribution in [0.5, 0.6) is 0 Å². The Hall–Kier alpha value is -2.75. The molecule has 28 heavy (non-hydrogen) atoms. The molecule has 1 aliphatic rings. The fourth-order valence-corrected chi connectivity index (χ4v) is 3.23. The number of ether oxygens (including phenoxy) is 1. The summed E-state index contributed by atoms with van der Waals surface area (Å²) in [6.07, 6.45) is -0.0206. The molecule has 1 aromatic carbocycles. The van der Waals surface area contributed by atoms with E-state index in [1.807, 2.05) is 5.09 Å². The first-order valence-electron chi connectivity index (χ1n) is 8.04. The molecule has 0 radical (unpaired) electrons. The summed E-state index contributed by atoms with van der Waals surface area (Å²) in [5.41, 5.74) is 0.706. The van der Waals surface area contributed by atoms with Gasteiger partial charge in [0.2, 0.25) is 5.91 Å². The number of rotatable bonds is 7. The average molecular weight is 413 g/mol. The van der Waals surface area contributed by atoms with Crippen LogP contribution in [0.25, 0.3) is 0 Å². The number of nitrogens with zero attached hydrogens (tertiary/aromatic N) is 1. The van der Waals surface area contributed by atoms with Gasteiger partial charge in [-0.2, -0.15) is 0 Å². The van der Waals surface area contributed by atoms with Crippen LogP contribution in [0.15, 0.2) is 30.3 Å². The van der Waals surface area contributed by atoms with Crippen molar-refractivity contribution in [3.05, 3.63) is 35.9 Å². The van der Waals surface area contributed by atoms with Crippen molar-refractivity contribution in [2.75, 3.05) is 21.3 Å². The number of hydrogen-bond donors (Lipinski definition) is 2. The lowest BCUT2D eigenvalue weighted by atomic mass is 9.95. The molecule has 0 aliphatic carbocycles. The van der Waals surface area contributed by atoms with E-state index in [1.165, 1.54) is 0 Å². The number of imide groups is 1. The highest BCUT2D eigenvalue weighted by Crippen LogP contribution is 2.42. The zero-order valence-electron chi connectivity index (χ0n) is 15.4. The molecule has 11 nitrogen and oxygen atoms in total. The van der Waals surface area contributed by atoms with Crippen LogP contribution < -0.4 is 10.4 Å². The first-order valence-corrected chi connectivity index (χ1v) is 9.58. The zero-order chi connectivity index (χ0) is 20.9. The van der Waals surface area contributed by atoms with Crippen LogP contribution in [0.1, 0.15) is 5.56 Å². The van der Waals surface area contributed by atoms with Gasteiger partial charge in [0, 0.05) is 14.2 Å². The van der Waals surface area contributed by atoms with Crippen molar-refractivity contribution >= 4 is 31.6 Å². The summed E-state index contributed by atoms with van der Waals surface area (Å²) in [5.74, 6) is -2.31. The summed E-state index contributed by atoms with van der Waals surface area (Å²) in [7, 11) is -0.850. The molecule has 152 valence electrons. The molecule has 1 aliphatic heterocycles. The minimum absolute atomic E-state index is 0.0206. The minimum atomic E-state index is -3.99. The van der Waals surface area contributed by atoms with Crippen molar-refractivity contribution in [3.8, 4) is 0 Å². The Morgan fingerprint density at radius 3 is 2.25 bits per heavy atom. The zero-order valence-corrected chi connectivity index (χ0v) is 16.3. The van der Waals surface area contributed by atoms with Gasteiger partial charge in [0.05, 0.1) is 13.5 Å². The molecule has 1 fully saturated rings. The molecule has 1 aromatic rings. The Balaban J connectivity index is 2.10. The Morgan fingerprint density at radius 1 is 1.11 bits per heavy atom. The Morgan fingerprint density at radius 2 is 1.71 bits per heavy atom. The lowest BCUT2D eigenvalue weighted by Gasteiger charge is -2.43. The molecule has 0 bridgehead atoms. The van der Waals surface area contributed by atoms with Crippen LogP contribution in [0.3, 0.4) is 0 Å². The van der Waals surface area contributed by atoms with Gasteiger partial charge in [-0.3, -0.25) is 18.6 Å². The second-order valence-electron chi connectivity index (χ2n) is 5.66. The van der Waals surface area contributed by atoms with Crippen molar-refractivity contribution in [1.82, 2.24) is 15.3 Å². The van der Waals surface area contributed by atoms with Crippen molar-refractivity contribution < 1.29 is 37.5 Å². The highest BCUT2D eigenvalue weighted by atomic mass is 31.2. The molecular formula is C16H20N3O8P. The number of carbonyl (C=O) groups is 4. The number of amides is 4. The number of β-lactam (4-membered cyclic amide) rings is 1. The van der Waals surface area contributed by atoms with Crippen LogP contribution in [0.2, 0.25) is 0 Å². The molecule has 1 saturated heterocycles. The van der Waals surface area contributed by atoms with Gasteiger partial charge in [-0.25, -0.2) is 24.1 Å². The molecule has 1 heterocycles. The summed E-state index contributed by atoms with van der Waals surface area (Å²) < 4.78 is 25.8. The van der Waals surface area contributed by atoms with Crippen LogP contribution in [0, 0.1) is 0 Å². The number of likely N-dealkylation sites (tertiary alicyclic amines) is 1. The van der Waals surface area contributed by atoms with Gasteiger partial charge >= 0.3 is 19.7 Å². The number of benzene rings is 1. The maximum absolute atomic E-state index is 12.4. The normalized spacial score (nSPS) is 18.8. The number of carbonyl (C=O) groups excluding carboxylic acids is 4. The number of nitrogens with one attached hydrogen (secondary N) is 2. The Kier molecular flexibility index (Phi) is 6.90. The van der Waals surface area contributed by atoms with Crippen molar-refractivity contribution in [3.63, 3.8) is 0 Å². The fourth-order valence-electron chi connectivity index (χ4n) is 2.56. The predicted octanol–water partition coefficient (Wildman–Crippen LogP) is 0.208. The predicted molar refractivity (Wildman–Crippen MR) is 94.9 cm³/mol. The van der Waals surface area contributed by atoms with E-state index in [-0.39, 0.29) is 6.42 Å². The summed E-state index contributed by atoms with van der Waals surface area (Å²) >= 11 is 0. The number of esters is 1. The van der Waals surface area contributed by atoms with Gasteiger partial charge in [-0.05, 0) is 5.56 Å². The van der Waals surface area contributed by atoms with Gasteiger partial charge in [0.1, 0.15) is 6.04 Å². The number of methoxy groups -OCH3 is 1. The third-order valence-corrected chi connectivity index (χ3v) is 5.42. The standard InChI is InChI=1S/C16H20N3O8P/c1-25-15(22)13-12(17-11(20)9-10-7-5-4-6-8-10)14(21)19(13)16(23)18-28(24,26-2)27-3/h4-8,12-13H,9H2,1-3H3,(H,17,20)(H,18,23,24)/t12-,13-/m1/s1. The van der Waals surface area contributed by atoms with Crippen molar-refractivity contribution in [1.29, 1.82) is 0 Å². The van der Waals surface area contributed by atoms with Crippen LogP contribution >= 0.6 is 7.75 Å². The first kappa shape index (κ1) is 21.5. The Labute approximate surface area is 160 Å². The molecule has 2 N–H and O–H groups in total. The quantitative estimate of drug-likeness (QED) is 0.367. The summed E-state index contributed by atoms with van der Waals surface area (Å²) in [4.78, 5) is 49.3. The lowest BCUT2D eigenvalue weighted by Crippen LogP contribution is -2.75. The molecule has 0 spiro atoms. The van der Waals surface area contributed by atoms with Crippen LogP contribution in [-0.2, 0) is 39.2 Å². The lowest BCUT2D eigenvalue weighted by molar-refractivity contribution is -0.164. The fraction of sp³-hybridized carbons (Fsp3) is 0.375. The topological polar surface area (TPSA) is 140 Å². The number of hydrogen-bond acceptors (Lipinski definition) is 8. The van der Waals surface area contributed by atoms with Gasteiger partial charge in [0.25, 0.3) is 5.91 Å². The molecule has 0 saturated carbocycles. The second kappa shape index (κ2) is 8.96. The number of urea groups is 1. The van der Waals surface area contributed by atoms with Crippen molar-refractivity contribution in [2.45, 2.75) is 18.5 Å². The van der Waals surface area contributed by atoms with E-state index in [2.05, 4.69) is 19.1 Å². The molecule has 4 amide bonds. The van der Waals surface area contributed by atoms with E-state index in [0.717, 1.165) is 21.3 Å². The van der Waals surface area contributed by atoms with Gasteiger partial charge < -0.3 is 10.1 Å². The van der Waals surface area contributed by atoms with E-state index >= 15 is 0 Å².